The number of nitrogens with one attached hydrogen (secondary N) is 2. The number of hydrazone groups is 1. The molecule has 1 aromatic carbocycles. The van der Waals surface area contributed by atoms with E-state index < -0.39 is 6.04 Å². The van der Waals surface area contributed by atoms with E-state index in [2.05, 4.69) is 15.7 Å². The van der Waals surface area contributed by atoms with Crippen LogP contribution >= 0.6 is 23.2 Å². The van der Waals surface area contributed by atoms with Gasteiger partial charge in [0.1, 0.15) is 18.5 Å². The van der Waals surface area contributed by atoms with Gasteiger partial charge in [0.05, 0.1) is 15.7 Å². The molecule has 1 fully saturated rings. The molecule has 1 atom stereocenters. The predicted molar refractivity (Wildman–Crippen MR) is 104 cm³/mol. The van der Waals surface area contributed by atoms with Crippen molar-refractivity contribution in [2.24, 2.45) is 5.10 Å². The van der Waals surface area contributed by atoms with Crippen molar-refractivity contribution in [3.63, 3.8) is 0 Å². The van der Waals surface area contributed by atoms with Crippen molar-refractivity contribution in [2.45, 2.75) is 12.5 Å². The molecule has 0 spiro atoms. The zero-order chi connectivity index (χ0) is 19.4. The number of benzene rings is 1. The fourth-order valence-electron chi connectivity index (χ4n) is 2.97. The van der Waals surface area contributed by atoms with E-state index in [0.29, 0.717) is 48.5 Å². The normalized spacial score (nSPS) is 19.8. The molecule has 2 aliphatic rings. The zero-order valence-corrected chi connectivity index (χ0v) is 16.4. The molecule has 1 saturated heterocycles. The topological polar surface area (TPSA) is 86.3 Å². The molecule has 8 nitrogen and oxygen atoms in total. The zero-order valence-electron chi connectivity index (χ0n) is 14.9. The maximum atomic E-state index is 12.5. The third-order valence-corrected chi connectivity index (χ3v) is 5.12. The van der Waals surface area contributed by atoms with E-state index in [4.69, 9.17) is 27.9 Å². The SMILES string of the molecule is COCC(=O)N1CCNC(C(=O)NC2=NN(c3ccc(Cl)c(Cl)c3)CC2)C1. The Morgan fingerprint density at radius 3 is 2.89 bits per heavy atom. The van der Waals surface area contributed by atoms with Crippen LogP contribution in [0.4, 0.5) is 5.69 Å². The summed E-state index contributed by atoms with van der Waals surface area (Å²) in [6.45, 7) is 2.05. The van der Waals surface area contributed by atoms with Gasteiger partial charge in [-0.15, -0.1) is 0 Å². The van der Waals surface area contributed by atoms with E-state index in [1.54, 1.807) is 22.0 Å². The number of hydrogen-bond acceptors (Lipinski definition) is 6. The summed E-state index contributed by atoms with van der Waals surface area (Å²) in [5.41, 5.74) is 0.806. The highest BCUT2D eigenvalue weighted by Gasteiger charge is 2.29. The Hall–Kier alpha value is -1.87. The Bertz CT molecular complexity index is 758. The minimum atomic E-state index is -0.485. The summed E-state index contributed by atoms with van der Waals surface area (Å²) in [6.07, 6.45) is 0.602. The van der Waals surface area contributed by atoms with Crippen LogP contribution in [-0.2, 0) is 14.3 Å². The molecule has 1 aromatic rings. The summed E-state index contributed by atoms with van der Waals surface area (Å²) in [6, 6.07) is 4.79. The molecule has 0 bridgehead atoms. The monoisotopic (exact) mass is 413 g/mol. The van der Waals surface area contributed by atoms with Crippen LogP contribution in [0.15, 0.2) is 23.3 Å². The van der Waals surface area contributed by atoms with Crippen LogP contribution in [0.3, 0.4) is 0 Å². The van der Waals surface area contributed by atoms with Gasteiger partial charge in [-0.2, -0.15) is 5.10 Å². The highest BCUT2D eigenvalue weighted by molar-refractivity contribution is 6.42. The van der Waals surface area contributed by atoms with Crippen LogP contribution in [0.25, 0.3) is 0 Å². The van der Waals surface area contributed by atoms with Crippen LogP contribution < -0.4 is 15.6 Å². The average Bonchev–Trinajstić information content (AvgIpc) is 3.12. The van der Waals surface area contributed by atoms with Crippen molar-refractivity contribution in [2.75, 3.05) is 44.9 Å². The average molecular weight is 414 g/mol. The van der Waals surface area contributed by atoms with Crippen molar-refractivity contribution in [3.05, 3.63) is 28.2 Å². The Morgan fingerprint density at radius 1 is 1.33 bits per heavy atom. The molecule has 2 N–H and O–H groups in total. The predicted octanol–water partition coefficient (Wildman–Crippen LogP) is 1.08. The number of anilines is 1. The lowest BCUT2D eigenvalue weighted by molar-refractivity contribution is -0.137. The van der Waals surface area contributed by atoms with Crippen LogP contribution in [0, 0.1) is 0 Å². The first kappa shape index (κ1) is 19.9. The molecule has 0 saturated carbocycles. The highest BCUT2D eigenvalue weighted by Crippen LogP contribution is 2.28. The molecule has 1 unspecified atom stereocenters. The maximum absolute atomic E-state index is 12.5. The molecule has 146 valence electrons. The van der Waals surface area contributed by atoms with E-state index in [9.17, 15) is 9.59 Å². The van der Waals surface area contributed by atoms with Crippen LogP contribution in [0.2, 0.25) is 10.0 Å². The number of carbonyl (C=O) groups is 2. The Labute approximate surface area is 167 Å². The third kappa shape index (κ3) is 4.90. The minimum absolute atomic E-state index is 0.0136. The van der Waals surface area contributed by atoms with Gasteiger partial charge in [0.15, 0.2) is 0 Å². The van der Waals surface area contributed by atoms with Gasteiger partial charge in [-0.25, -0.2) is 0 Å². The molecule has 0 radical (unpaired) electrons. The van der Waals surface area contributed by atoms with E-state index >= 15 is 0 Å². The first-order valence-corrected chi connectivity index (χ1v) is 9.34. The third-order valence-electron chi connectivity index (χ3n) is 4.38. The Morgan fingerprint density at radius 2 is 2.15 bits per heavy atom. The van der Waals surface area contributed by atoms with Crippen molar-refractivity contribution in [3.8, 4) is 0 Å². The summed E-state index contributed by atoms with van der Waals surface area (Å²) >= 11 is 12.0. The van der Waals surface area contributed by atoms with Gasteiger partial charge >= 0.3 is 0 Å². The summed E-state index contributed by atoms with van der Waals surface area (Å²) < 4.78 is 4.88. The smallest absolute Gasteiger partial charge is 0.248 e. The van der Waals surface area contributed by atoms with Crippen molar-refractivity contribution >= 4 is 46.5 Å². The van der Waals surface area contributed by atoms with Crippen molar-refractivity contribution < 1.29 is 14.3 Å². The second kappa shape index (κ2) is 8.88. The standard InChI is InChI=1S/C17H21Cl2N5O3/c1-27-10-16(25)23-7-5-20-14(9-23)17(26)21-15-4-6-24(22-15)11-2-3-12(18)13(19)8-11/h2-3,8,14,20H,4-7,9-10H2,1H3,(H,21,22,26). The van der Waals surface area contributed by atoms with Gasteiger partial charge in [-0.3, -0.25) is 14.6 Å². The van der Waals surface area contributed by atoms with Crippen molar-refractivity contribution in [1.29, 1.82) is 0 Å². The summed E-state index contributed by atoms with van der Waals surface area (Å²) in [4.78, 5) is 26.1. The van der Waals surface area contributed by atoms with Gasteiger partial charge in [-0.05, 0) is 18.2 Å². The van der Waals surface area contributed by atoms with Gasteiger partial charge < -0.3 is 20.3 Å². The van der Waals surface area contributed by atoms with Gasteiger partial charge in [-0.1, -0.05) is 23.2 Å². The summed E-state index contributed by atoms with van der Waals surface area (Å²) in [5, 5.41) is 13.1. The largest absolute Gasteiger partial charge is 0.375 e. The first-order chi connectivity index (χ1) is 13.0. The molecular formula is C17H21Cl2N5O3. The van der Waals surface area contributed by atoms with Crippen LogP contribution in [-0.4, -0.2) is 68.5 Å². The number of hydrogen-bond donors (Lipinski definition) is 2. The number of carbonyl (C=O) groups excluding carboxylic acids is 2. The second-order valence-corrected chi connectivity index (χ2v) is 7.10. The molecular weight excluding hydrogens is 393 g/mol. The minimum Gasteiger partial charge on any atom is -0.375 e. The molecule has 3 rings (SSSR count). The fourth-order valence-corrected chi connectivity index (χ4v) is 3.27. The Balaban J connectivity index is 1.59. The Kier molecular flexibility index (Phi) is 6.54. The lowest BCUT2D eigenvalue weighted by atomic mass is 10.2. The molecule has 2 amide bonds. The second-order valence-electron chi connectivity index (χ2n) is 6.29. The number of piperazine rings is 1. The number of ether oxygens (including phenoxy) is 1. The molecule has 27 heavy (non-hydrogen) atoms. The van der Waals surface area contributed by atoms with E-state index in [-0.39, 0.29) is 18.4 Å². The van der Waals surface area contributed by atoms with E-state index in [1.807, 2.05) is 6.07 Å². The molecule has 0 aromatic heterocycles. The first-order valence-electron chi connectivity index (χ1n) is 8.59. The highest BCUT2D eigenvalue weighted by atomic mass is 35.5. The van der Waals surface area contributed by atoms with Crippen LogP contribution in [0.1, 0.15) is 6.42 Å². The number of rotatable bonds is 4. The quantitative estimate of drug-likeness (QED) is 0.770. The fraction of sp³-hybridized carbons (Fsp3) is 0.471. The van der Waals surface area contributed by atoms with Gasteiger partial charge in [0, 0.05) is 39.7 Å². The number of amides is 2. The molecule has 10 heteroatoms. The number of methoxy groups -OCH3 is 1. The number of halogens is 2. The van der Waals surface area contributed by atoms with Crippen molar-refractivity contribution in [1.82, 2.24) is 15.5 Å². The van der Waals surface area contributed by atoms with E-state index in [0.717, 1.165) is 5.69 Å². The lowest BCUT2D eigenvalue weighted by Crippen LogP contribution is -2.59. The number of nitrogens with zero attached hydrogens (tertiary/aromatic N) is 3. The lowest BCUT2D eigenvalue weighted by Gasteiger charge is -2.32. The van der Waals surface area contributed by atoms with E-state index in [1.165, 1.54) is 7.11 Å². The maximum Gasteiger partial charge on any atom is 0.248 e. The number of amidine groups is 1. The van der Waals surface area contributed by atoms with Crippen LogP contribution in [0.5, 0.6) is 0 Å². The summed E-state index contributed by atoms with van der Waals surface area (Å²) in [5.74, 6) is 0.244. The molecule has 2 heterocycles. The molecule has 2 aliphatic heterocycles. The summed E-state index contributed by atoms with van der Waals surface area (Å²) in [7, 11) is 1.47. The molecule has 0 aliphatic carbocycles. The van der Waals surface area contributed by atoms with Gasteiger partial charge in [0.25, 0.3) is 0 Å². The van der Waals surface area contributed by atoms with Gasteiger partial charge in [0.2, 0.25) is 11.8 Å².